The van der Waals surface area contributed by atoms with Gasteiger partial charge in [-0.05, 0) is 57.9 Å². The third-order valence-corrected chi connectivity index (χ3v) is 10.7. The number of hydrogen-bond donors (Lipinski definition) is 1. The lowest BCUT2D eigenvalue weighted by molar-refractivity contribution is 0.125. The third kappa shape index (κ3) is 39.4. The second-order valence-electron chi connectivity index (χ2n) is 9.95. The summed E-state index contributed by atoms with van der Waals surface area (Å²) >= 11 is 17.6. The summed E-state index contributed by atoms with van der Waals surface area (Å²) in [6.45, 7) is 17.3. The van der Waals surface area contributed by atoms with Crippen LogP contribution in [0.25, 0.3) is 0 Å². The Morgan fingerprint density at radius 1 is 0.857 bits per heavy atom. The molecule has 1 aliphatic heterocycles. The van der Waals surface area contributed by atoms with Crippen LogP contribution < -0.4 is 0 Å². The summed E-state index contributed by atoms with van der Waals surface area (Å²) in [7, 11) is 0. The highest BCUT2D eigenvalue weighted by atomic mass is 35.8. The molecular weight excluding hydrogens is 515 g/mol. The number of halogens is 3. The van der Waals surface area contributed by atoms with Gasteiger partial charge in [-0.15, -0.1) is 39.8 Å². The SMILES string of the molecule is C=CCCCCCC.CC1CCCO1.CCCCCCC(C)O.CCCCCCC(C)[Si](Cl)(Cl)Cl. The van der Waals surface area contributed by atoms with Gasteiger partial charge in [-0.1, -0.05) is 104 Å². The smallest absolute Gasteiger partial charge is 0.344 e. The Labute approximate surface area is 236 Å². The maximum Gasteiger partial charge on any atom is 0.344 e. The van der Waals surface area contributed by atoms with Crippen molar-refractivity contribution in [2.24, 2.45) is 0 Å². The van der Waals surface area contributed by atoms with Crippen molar-refractivity contribution < 1.29 is 9.84 Å². The highest BCUT2D eigenvalue weighted by molar-refractivity contribution is 7.65. The number of aliphatic hydroxyl groups excluding tert-OH is 1. The third-order valence-electron chi connectivity index (χ3n) is 5.94. The van der Waals surface area contributed by atoms with E-state index >= 15 is 0 Å². The number of rotatable bonds is 16. The number of hydrogen-bond acceptors (Lipinski definition) is 2. The molecule has 3 atom stereocenters. The summed E-state index contributed by atoms with van der Waals surface area (Å²) < 4.78 is 5.15. The van der Waals surface area contributed by atoms with E-state index in [9.17, 15) is 0 Å². The maximum absolute atomic E-state index is 8.85. The van der Waals surface area contributed by atoms with Crippen LogP contribution in [-0.4, -0.2) is 29.9 Å². The van der Waals surface area contributed by atoms with Crippen molar-refractivity contribution in [2.75, 3.05) is 6.61 Å². The molecule has 0 aliphatic carbocycles. The second-order valence-corrected chi connectivity index (χ2v) is 19.1. The van der Waals surface area contributed by atoms with Crippen LogP contribution >= 0.6 is 33.2 Å². The second kappa shape index (κ2) is 31.0. The normalized spacial score (nSPS) is 16.6. The Morgan fingerprint density at radius 3 is 1.66 bits per heavy atom. The molecule has 1 fully saturated rings. The lowest BCUT2D eigenvalue weighted by atomic mass is 10.1. The molecule has 35 heavy (non-hydrogen) atoms. The van der Waals surface area contributed by atoms with Gasteiger partial charge in [0.05, 0.1) is 12.2 Å². The van der Waals surface area contributed by atoms with Crippen molar-refractivity contribution in [3.8, 4) is 0 Å². The fourth-order valence-electron chi connectivity index (χ4n) is 3.36. The van der Waals surface area contributed by atoms with Crippen LogP contribution in [0.4, 0.5) is 0 Å². The standard InChI is InChI=1S/C8H17Cl3Si.C8H18O.C8H16.C5H10O/c1-3-4-5-6-7-8(2)12(9,10)11;1-3-4-5-6-7-8(2)9;1-3-5-7-8-6-4-2;1-5-3-2-4-6-5/h8H,3-7H2,1-2H3;8-9H,3-7H2,1-2H3;3H,1,4-8H2,2H3;5H,2-4H2,1H3. The maximum atomic E-state index is 8.85. The van der Waals surface area contributed by atoms with E-state index in [1.807, 2.05) is 19.9 Å². The Bertz CT molecular complexity index is 398. The summed E-state index contributed by atoms with van der Waals surface area (Å²) in [5.41, 5.74) is 0.305. The van der Waals surface area contributed by atoms with Crippen molar-refractivity contribution in [2.45, 2.75) is 168 Å². The molecule has 214 valence electrons. The van der Waals surface area contributed by atoms with E-state index in [1.165, 1.54) is 96.3 Å². The van der Waals surface area contributed by atoms with E-state index in [4.69, 9.17) is 43.1 Å². The Kier molecular flexibility index (Phi) is 35.6. The van der Waals surface area contributed by atoms with E-state index < -0.39 is 6.00 Å². The number of aliphatic hydroxyl groups is 1. The van der Waals surface area contributed by atoms with Gasteiger partial charge in [0.15, 0.2) is 0 Å². The van der Waals surface area contributed by atoms with Gasteiger partial charge >= 0.3 is 6.00 Å². The molecule has 1 heterocycles. The van der Waals surface area contributed by atoms with Crippen LogP contribution in [0.15, 0.2) is 12.7 Å². The zero-order valence-electron chi connectivity index (χ0n) is 24.2. The number of allylic oxidation sites excluding steroid dienone is 1. The molecule has 0 amide bonds. The summed E-state index contributed by atoms with van der Waals surface area (Å²) in [5.74, 6) is 0. The Hall–Kier alpha value is 0.747. The highest BCUT2D eigenvalue weighted by Gasteiger charge is 2.32. The molecule has 1 N–H and O–H groups in total. The largest absolute Gasteiger partial charge is 0.393 e. The quantitative estimate of drug-likeness (QED) is 0.0858. The van der Waals surface area contributed by atoms with Crippen molar-refractivity contribution in [1.82, 2.24) is 0 Å². The first-order valence-electron chi connectivity index (χ1n) is 14.5. The summed E-state index contributed by atoms with van der Waals surface area (Å²) in [6.07, 6.45) is 23.7. The highest BCUT2D eigenvalue weighted by Crippen LogP contribution is 2.36. The van der Waals surface area contributed by atoms with Gasteiger partial charge in [0.2, 0.25) is 0 Å². The molecule has 1 aliphatic rings. The molecule has 6 heteroatoms. The molecule has 0 aromatic carbocycles. The summed E-state index contributed by atoms with van der Waals surface area (Å²) in [6, 6.07) is -2.40. The van der Waals surface area contributed by atoms with E-state index in [0.717, 1.165) is 19.4 Å². The minimum absolute atomic E-state index is 0.0955. The minimum Gasteiger partial charge on any atom is -0.393 e. The van der Waals surface area contributed by atoms with E-state index in [0.29, 0.717) is 11.6 Å². The van der Waals surface area contributed by atoms with Crippen LogP contribution in [0.3, 0.4) is 0 Å². The van der Waals surface area contributed by atoms with Gasteiger partial charge in [0, 0.05) is 6.61 Å². The van der Waals surface area contributed by atoms with Crippen LogP contribution in [0.2, 0.25) is 5.54 Å². The molecule has 0 spiro atoms. The fourth-order valence-corrected chi connectivity index (χ4v) is 4.88. The van der Waals surface area contributed by atoms with Gasteiger partial charge in [-0.25, -0.2) is 0 Å². The molecule has 1 saturated heterocycles. The van der Waals surface area contributed by atoms with Gasteiger partial charge in [0.25, 0.3) is 0 Å². The zero-order valence-corrected chi connectivity index (χ0v) is 27.5. The van der Waals surface area contributed by atoms with Gasteiger partial charge in [-0.3, -0.25) is 0 Å². The van der Waals surface area contributed by atoms with Gasteiger partial charge < -0.3 is 9.84 Å². The molecule has 0 bridgehead atoms. The number of unbranched alkanes of at least 4 members (excludes halogenated alkanes) is 10. The minimum atomic E-state index is -2.40. The van der Waals surface area contributed by atoms with Crippen LogP contribution in [0, 0.1) is 0 Å². The summed E-state index contributed by atoms with van der Waals surface area (Å²) in [4.78, 5) is 0. The van der Waals surface area contributed by atoms with Crippen molar-refractivity contribution in [1.29, 1.82) is 0 Å². The summed E-state index contributed by atoms with van der Waals surface area (Å²) in [5, 5.41) is 8.85. The first-order chi connectivity index (χ1) is 16.6. The average molecular weight is 576 g/mol. The predicted molar refractivity (Wildman–Crippen MR) is 166 cm³/mol. The van der Waals surface area contributed by atoms with E-state index in [2.05, 4.69) is 34.3 Å². The molecule has 1 rings (SSSR count). The molecule has 0 aromatic heterocycles. The first-order valence-corrected chi connectivity index (χ1v) is 19.6. The van der Waals surface area contributed by atoms with Crippen LogP contribution in [-0.2, 0) is 4.74 Å². The first kappa shape index (κ1) is 40.2. The molecule has 0 aromatic rings. The van der Waals surface area contributed by atoms with Gasteiger partial charge in [0.1, 0.15) is 0 Å². The van der Waals surface area contributed by atoms with E-state index in [-0.39, 0.29) is 6.10 Å². The van der Waals surface area contributed by atoms with Crippen molar-refractivity contribution >= 4 is 39.2 Å². The molecular formula is C29H61Cl3O2Si. The van der Waals surface area contributed by atoms with E-state index in [1.54, 1.807) is 0 Å². The molecule has 0 radical (unpaired) electrons. The molecule has 3 unspecified atom stereocenters. The Balaban J connectivity index is -0.000000401. The topological polar surface area (TPSA) is 29.5 Å². The average Bonchev–Trinajstić information content (AvgIpc) is 3.29. The predicted octanol–water partition coefficient (Wildman–Crippen LogP) is 11.7. The van der Waals surface area contributed by atoms with Crippen LogP contribution in [0.1, 0.15) is 151 Å². The van der Waals surface area contributed by atoms with Gasteiger partial charge in [-0.2, -0.15) is 0 Å². The van der Waals surface area contributed by atoms with Crippen LogP contribution in [0.5, 0.6) is 0 Å². The Morgan fingerprint density at radius 2 is 1.34 bits per heavy atom. The number of ether oxygens (including phenoxy) is 1. The molecule has 2 nitrogen and oxygen atoms in total. The van der Waals surface area contributed by atoms with Crippen molar-refractivity contribution in [3.63, 3.8) is 0 Å². The lowest BCUT2D eigenvalue weighted by Crippen LogP contribution is -2.16. The lowest BCUT2D eigenvalue weighted by Gasteiger charge is -2.16. The van der Waals surface area contributed by atoms with Crippen molar-refractivity contribution in [3.05, 3.63) is 12.7 Å². The fraction of sp³-hybridized carbons (Fsp3) is 0.931. The monoisotopic (exact) mass is 574 g/mol. The zero-order chi connectivity index (χ0) is 27.4. The molecule has 0 saturated carbocycles.